The SMILES string of the molecule is CCCCCCCCCCCCOCCC(=O)OC[C@H]1O[C@@H]2[C@H](Oc3nc(=N)ccn32)[C@@H]1OC(=O)CCOCCCCCCCCCCCC.Cl. The zero-order valence-electron chi connectivity index (χ0n) is 31.6. The summed E-state index contributed by atoms with van der Waals surface area (Å²) >= 11 is 0. The molecule has 0 saturated carbocycles. The lowest BCUT2D eigenvalue weighted by Gasteiger charge is -2.22. The van der Waals surface area contributed by atoms with Gasteiger partial charge in [-0.15, -0.1) is 12.4 Å². The van der Waals surface area contributed by atoms with E-state index in [-0.39, 0.29) is 50.0 Å². The van der Waals surface area contributed by atoms with Gasteiger partial charge in [-0.2, -0.15) is 4.98 Å². The number of fused-ring (bicyclic) bond motifs is 3. The number of carbonyl (C=O) groups is 2. The van der Waals surface area contributed by atoms with Crippen molar-refractivity contribution in [2.24, 2.45) is 0 Å². The minimum absolute atomic E-state index is 0. The zero-order chi connectivity index (χ0) is 35.7. The van der Waals surface area contributed by atoms with E-state index in [4.69, 9.17) is 33.8 Å². The number of halogens is 1. The molecular formula is C39H68ClN3O8. The van der Waals surface area contributed by atoms with Crippen LogP contribution in [0.1, 0.15) is 161 Å². The van der Waals surface area contributed by atoms with Gasteiger partial charge in [0.25, 0.3) is 0 Å². The van der Waals surface area contributed by atoms with E-state index >= 15 is 0 Å². The largest absolute Gasteiger partial charge is 0.463 e. The molecule has 0 amide bonds. The summed E-state index contributed by atoms with van der Waals surface area (Å²) in [5.74, 6) is -0.827. The molecule has 4 atom stereocenters. The highest BCUT2D eigenvalue weighted by molar-refractivity contribution is 5.85. The minimum atomic E-state index is -0.814. The highest BCUT2D eigenvalue weighted by Gasteiger charge is 2.54. The van der Waals surface area contributed by atoms with Crippen molar-refractivity contribution < 1.29 is 38.0 Å². The van der Waals surface area contributed by atoms with Crippen LogP contribution in [0.15, 0.2) is 12.3 Å². The van der Waals surface area contributed by atoms with Gasteiger partial charge in [-0.1, -0.05) is 129 Å². The maximum absolute atomic E-state index is 12.9. The van der Waals surface area contributed by atoms with E-state index in [2.05, 4.69) is 18.8 Å². The first-order valence-corrected chi connectivity index (χ1v) is 20.0. The second-order valence-corrected chi connectivity index (χ2v) is 13.9. The number of hydrogen-bond acceptors (Lipinski definition) is 10. The number of unbranched alkanes of at least 4 members (excludes halogenated alkanes) is 18. The number of aromatic nitrogens is 2. The van der Waals surface area contributed by atoms with E-state index in [0.29, 0.717) is 19.8 Å². The fourth-order valence-electron chi connectivity index (χ4n) is 6.51. The summed E-state index contributed by atoms with van der Waals surface area (Å²) in [7, 11) is 0. The zero-order valence-corrected chi connectivity index (χ0v) is 32.4. The first-order chi connectivity index (χ1) is 24.5. The molecule has 0 aromatic carbocycles. The molecule has 0 spiro atoms. The summed E-state index contributed by atoms with van der Waals surface area (Å²) in [6.07, 6.45) is 24.4. The average Bonchev–Trinajstić information content (AvgIpc) is 3.62. The number of carbonyl (C=O) groups excluding carboxylic acids is 2. The summed E-state index contributed by atoms with van der Waals surface area (Å²) in [6, 6.07) is 1.76. The standard InChI is InChI=1S/C39H67N3O8.ClH/c1-3-5-7-9-11-13-15-17-19-21-27-45-29-24-34(43)47-31-32-36(37-38(48-32)42-26-23-33(40)41-39(42)50-37)49-35(44)25-30-46-28-22-20-18-16-14-12-10-8-6-4-2;/h23,26,32,36-38,40H,3-22,24-25,27-31H2,1-2H3;1H/t32-,36-,37-,38-;/m1./s1. The molecule has 1 aromatic heterocycles. The molecule has 2 aliphatic rings. The van der Waals surface area contributed by atoms with Crippen LogP contribution in [-0.4, -0.2) is 72.8 Å². The van der Waals surface area contributed by atoms with Crippen molar-refractivity contribution in [2.75, 3.05) is 33.0 Å². The smallest absolute Gasteiger partial charge is 0.308 e. The molecule has 1 aromatic rings. The number of rotatable bonds is 31. The van der Waals surface area contributed by atoms with Crippen molar-refractivity contribution in [3.8, 4) is 6.01 Å². The monoisotopic (exact) mass is 741 g/mol. The first-order valence-electron chi connectivity index (χ1n) is 20.0. The Labute approximate surface area is 313 Å². The molecule has 1 fully saturated rings. The molecule has 2 aliphatic heterocycles. The third-order valence-electron chi connectivity index (χ3n) is 9.49. The number of nitrogens with zero attached hydrogens (tertiary/aromatic N) is 2. The van der Waals surface area contributed by atoms with Crippen molar-refractivity contribution in [1.82, 2.24) is 9.55 Å². The van der Waals surface area contributed by atoms with Crippen LogP contribution in [0, 0.1) is 5.41 Å². The Hall–Kier alpha value is -2.21. The van der Waals surface area contributed by atoms with E-state index < -0.39 is 36.5 Å². The number of esters is 2. The van der Waals surface area contributed by atoms with Gasteiger partial charge in [0.2, 0.25) is 0 Å². The number of hydrogen-bond donors (Lipinski definition) is 1. The van der Waals surface area contributed by atoms with Crippen LogP contribution in [0.25, 0.3) is 0 Å². The van der Waals surface area contributed by atoms with Crippen LogP contribution in [0.5, 0.6) is 6.01 Å². The van der Waals surface area contributed by atoms with Gasteiger partial charge in [-0.25, -0.2) is 0 Å². The van der Waals surface area contributed by atoms with E-state index in [1.807, 2.05) is 0 Å². The van der Waals surface area contributed by atoms with Gasteiger partial charge in [-0.05, 0) is 18.9 Å². The lowest BCUT2D eigenvalue weighted by atomic mass is 10.1. The Morgan fingerprint density at radius 3 is 1.75 bits per heavy atom. The fourth-order valence-corrected chi connectivity index (χ4v) is 6.51. The molecule has 0 aliphatic carbocycles. The molecule has 11 nitrogen and oxygen atoms in total. The Morgan fingerprint density at radius 2 is 1.22 bits per heavy atom. The highest BCUT2D eigenvalue weighted by Crippen LogP contribution is 2.40. The van der Waals surface area contributed by atoms with Crippen LogP contribution in [0.2, 0.25) is 0 Å². The minimum Gasteiger partial charge on any atom is -0.463 e. The maximum atomic E-state index is 12.9. The lowest BCUT2D eigenvalue weighted by molar-refractivity contribution is -0.161. The average molecular weight is 742 g/mol. The van der Waals surface area contributed by atoms with Crippen LogP contribution in [0.4, 0.5) is 0 Å². The van der Waals surface area contributed by atoms with Gasteiger partial charge >= 0.3 is 17.9 Å². The van der Waals surface area contributed by atoms with E-state index in [1.165, 1.54) is 109 Å². The molecular weight excluding hydrogens is 674 g/mol. The van der Waals surface area contributed by atoms with Gasteiger partial charge in [-0.3, -0.25) is 19.6 Å². The summed E-state index contributed by atoms with van der Waals surface area (Å²) in [5.41, 5.74) is 0.0604. The fraction of sp³-hybridized carbons (Fsp3) is 0.846. The van der Waals surface area contributed by atoms with Crippen LogP contribution < -0.4 is 10.2 Å². The van der Waals surface area contributed by atoms with Crippen LogP contribution in [-0.2, 0) is 33.3 Å². The predicted molar refractivity (Wildman–Crippen MR) is 199 cm³/mol. The molecule has 294 valence electrons. The van der Waals surface area contributed by atoms with E-state index in [9.17, 15) is 9.59 Å². The van der Waals surface area contributed by atoms with Crippen molar-refractivity contribution in [1.29, 1.82) is 5.41 Å². The Balaban J connectivity index is 0.00000901. The molecule has 51 heavy (non-hydrogen) atoms. The van der Waals surface area contributed by atoms with Gasteiger partial charge in [0.15, 0.2) is 23.9 Å². The van der Waals surface area contributed by atoms with Gasteiger partial charge in [0.1, 0.15) is 12.7 Å². The Morgan fingerprint density at radius 1 is 0.725 bits per heavy atom. The van der Waals surface area contributed by atoms with Crippen LogP contribution >= 0.6 is 12.4 Å². The van der Waals surface area contributed by atoms with E-state index in [1.54, 1.807) is 10.8 Å². The summed E-state index contributed by atoms with van der Waals surface area (Å²) in [4.78, 5) is 29.5. The summed E-state index contributed by atoms with van der Waals surface area (Å²) in [5, 5.41) is 7.82. The molecule has 12 heteroatoms. The third kappa shape index (κ3) is 18.4. The van der Waals surface area contributed by atoms with E-state index in [0.717, 1.165) is 25.7 Å². The van der Waals surface area contributed by atoms with Gasteiger partial charge < -0.3 is 28.4 Å². The Kier molecular flexibility index (Phi) is 25.0. The van der Waals surface area contributed by atoms with Crippen molar-refractivity contribution in [3.05, 3.63) is 17.8 Å². The first kappa shape index (κ1) is 44.9. The molecule has 0 unspecified atom stereocenters. The third-order valence-corrected chi connectivity index (χ3v) is 9.49. The molecule has 3 heterocycles. The summed E-state index contributed by atoms with van der Waals surface area (Å²) < 4.78 is 36.6. The number of nitrogens with one attached hydrogen (secondary N) is 1. The molecule has 0 bridgehead atoms. The topological polar surface area (TPSA) is 131 Å². The molecule has 0 radical (unpaired) electrons. The highest BCUT2D eigenvalue weighted by atomic mass is 35.5. The quantitative estimate of drug-likeness (QED) is 0.0587. The second-order valence-electron chi connectivity index (χ2n) is 13.9. The summed E-state index contributed by atoms with van der Waals surface area (Å²) in [6.45, 7) is 6.25. The predicted octanol–water partition coefficient (Wildman–Crippen LogP) is 8.55. The van der Waals surface area contributed by atoms with Crippen LogP contribution in [0.3, 0.4) is 0 Å². The molecule has 1 saturated heterocycles. The van der Waals surface area contributed by atoms with Gasteiger partial charge in [0, 0.05) is 19.4 Å². The maximum Gasteiger partial charge on any atom is 0.308 e. The Bertz CT molecular complexity index is 1120. The van der Waals surface area contributed by atoms with Gasteiger partial charge in [0.05, 0.1) is 26.1 Å². The van der Waals surface area contributed by atoms with Crippen molar-refractivity contribution in [2.45, 2.75) is 180 Å². The molecule has 1 N–H and O–H groups in total. The van der Waals surface area contributed by atoms with Crippen molar-refractivity contribution >= 4 is 24.3 Å². The second kappa shape index (κ2) is 28.3. The normalized spacial score (nSPS) is 18.9. The molecule has 3 rings (SSSR count). The van der Waals surface area contributed by atoms with Crippen molar-refractivity contribution in [3.63, 3.8) is 0 Å². The lowest BCUT2D eigenvalue weighted by Crippen LogP contribution is -2.40. The number of ether oxygens (including phenoxy) is 6.